The van der Waals surface area contributed by atoms with E-state index in [0.717, 1.165) is 29.0 Å². The number of nitrogens with one attached hydrogen (secondary N) is 2. The fraction of sp³-hybridized carbons (Fsp3) is 0.514. The van der Waals surface area contributed by atoms with E-state index in [1.807, 2.05) is 36.4 Å². The molecule has 3 aliphatic rings. The van der Waals surface area contributed by atoms with Crippen molar-refractivity contribution >= 4 is 29.7 Å². The molecule has 1 aliphatic heterocycles. The second-order valence-electron chi connectivity index (χ2n) is 13.3. The summed E-state index contributed by atoms with van der Waals surface area (Å²) in [6, 6.07) is 18.2. The average molecular weight is 680 g/mol. The van der Waals surface area contributed by atoms with E-state index < -0.39 is 71.3 Å². The van der Waals surface area contributed by atoms with Gasteiger partial charge in [-0.15, -0.1) is 0 Å². The molecule has 2 aromatic carbocycles. The number of carbonyl (C=O) groups is 5. The molecule has 2 aliphatic carbocycles. The Hall–Kier alpha value is -4.37. The Labute approximate surface area is 284 Å². The second kappa shape index (κ2) is 15.0. The lowest BCUT2D eigenvalue weighted by molar-refractivity contribution is -0.191. The molecule has 0 aromatic heterocycles. The van der Waals surface area contributed by atoms with Crippen LogP contribution in [0.5, 0.6) is 0 Å². The van der Waals surface area contributed by atoms with E-state index in [4.69, 9.17) is 20.9 Å². The maximum absolute atomic E-state index is 13.8. The topological polar surface area (TPSA) is 224 Å². The van der Waals surface area contributed by atoms with Crippen molar-refractivity contribution in [3.63, 3.8) is 0 Å². The van der Waals surface area contributed by atoms with E-state index in [0.29, 0.717) is 32.3 Å². The Bertz CT molecular complexity index is 1510. The zero-order valence-electron chi connectivity index (χ0n) is 27.3. The Morgan fingerprint density at radius 3 is 1.96 bits per heavy atom. The highest BCUT2D eigenvalue weighted by Gasteiger charge is 2.75. The third-order valence-corrected chi connectivity index (χ3v) is 10.4. The molecular formula is C35H45N5O9. The van der Waals surface area contributed by atoms with Crippen molar-refractivity contribution in [3.05, 3.63) is 71.8 Å². The third-order valence-electron chi connectivity index (χ3n) is 10.4. The molecule has 49 heavy (non-hydrogen) atoms. The first-order chi connectivity index (χ1) is 23.5. The monoisotopic (exact) mass is 679 g/mol. The quantitative estimate of drug-likeness (QED) is 0.157. The van der Waals surface area contributed by atoms with Gasteiger partial charge in [0.15, 0.2) is 5.54 Å². The highest BCUT2D eigenvalue weighted by atomic mass is 16.5. The van der Waals surface area contributed by atoms with Gasteiger partial charge in [0.2, 0.25) is 17.4 Å². The summed E-state index contributed by atoms with van der Waals surface area (Å²) >= 11 is 0. The number of rotatable bonds is 14. The number of hydrazine groups is 1. The zero-order valence-corrected chi connectivity index (χ0v) is 27.3. The SMILES string of the molecule is NC(=O)C1(C(=O)O)CC(C(=O)O)(C2(C(N)=O)CCCCC2OCc2ccccc2)N(CC(=O)NC2CCCCC2OCc2ccccc2)N1. The molecule has 2 saturated carbocycles. The Morgan fingerprint density at radius 2 is 1.39 bits per heavy atom. The summed E-state index contributed by atoms with van der Waals surface area (Å²) in [5.74, 6) is -6.50. The highest BCUT2D eigenvalue weighted by molar-refractivity contribution is 6.08. The number of hydrogen-bond acceptors (Lipinski definition) is 9. The lowest BCUT2D eigenvalue weighted by Gasteiger charge is -2.52. The molecule has 0 bridgehead atoms. The number of nitrogens with zero attached hydrogens (tertiary/aromatic N) is 1. The molecule has 264 valence electrons. The van der Waals surface area contributed by atoms with Crippen molar-refractivity contribution in [1.82, 2.24) is 15.8 Å². The van der Waals surface area contributed by atoms with Gasteiger partial charge in [0.1, 0.15) is 5.41 Å². The van der Waals surface area contributed by atoms with Gasteiger partial charge in [-0.25, -0.2) is 15.2 Å². The van der Waals surface area contributed by atoms with Crippen LogP contribution < -0.4 is 22.2 Å². The first-order valence-electron chi connectivity index (χ1n) is 16.7. The van der Waals surface area contributed by atoms with Crippen LogP contribution >= 0.6 is 0 Å². The summed E-state index contributed by atoms with van der Waals surface area (Å²) in [4.78, 5) is 67.0. The Morgan fingerprint density at radius 1 is 0.796 bits per heavy atom. The number of amides is 3. The molecule has 3 amide bonds. The molecule has 5 rings (SSSR count). The fourth-order valence-electron chi connectivity index (χ4n) is 7.90. The maximum atomic E-state index is 13.8. The number of carboxylic acid groups (broad SMARTS) is 2. The predicted molar refractivity (Wildman–Crippen MR) is 175 cm³/mol. The summed E-state index contributed by atoms with van der Waals surface area (Å²) in [6.07, 6.45) is 1.67. The van der Waals surface area contributed by atoms with Gasteiger partial charge in [-0.2, -0.15) is 0 Å². The van der Waals surface area contributed by atoms with Gasteiger partial charge in [0.05, 0.1) is 38.0 Å². The first kappa shape index (κ1) is 35.9. The predicted octanol–water partition coefficient (Wildman–Crippen LogP) is 1.60. The van der Waals surface area contributed by atoms with Gasteiger partial charge in [0.25, 0.3) is 5.91 Å². The zero-order chi connectivity index (χ0) is 35.2. The minimum absolute atomic E-state index is 0.0100. The minimum Gasteiger partial charge on any atom is -0.480 e. The Kier molecular flexibility index (Phi) is 11.0. The van der Waals surface area contributed by atoms with E-state index in [2.05, 4.69) is 10.7 Å². The summed E-state index contributed by atoms with van der Waals surface area (Å²) in [6.45, 7) is -0.397. The van der Waals surface area contributed by atoms with Gasteiger partial charge in [-0.1, -0.05) is 86.3 Å². The van der Waals surface area contributed by atoms with Gasteiger partial charge >= 0.3 is 11.9 Å². The number of carbonyl (C=O) groups excluding carboxylic acids is 3. The molecule has 2 aromatic rings. The number of aliphatic carboxylic acids is 2. The molecule has 1 saturated heterocycles. The Balaban J connectivity index is 1.48. The van der Waals surface area contributed by atoms with Gasteiger partial charge in [0, 0.05) is 6.42 Å². The number of ether oxygens (including phenoxy) is 2. The lowest BCUT2D eigenvalue weighted by Crippen LogP contribution is -2.73. The van der Waals surface area contributed by atoms with E-state index in [1.165, 1.54) is 0 Å². The highest BCUT2D eigenvalue weighted by Crippen LogP contribution is 2.54. The number of carboxylic acids is 2. The number of hydrogen-bond donors (Lipinski definition) is 6. The van der Waals surface area contributed by atoms with E-state index in [9.17, 15) is 34.2 Å². The molecule has 6 atom stereocenters. The summed E-state index contributed by atoms with van der Waals surface area (Å²) in [5.41, 5.74) is 8.73. The van der Waals surface area contributed by atoms with Crippen LogP contribution in [0, 0.1) is 5.41 Å². The van der Waals surface area contributed by atoms with Crippen LogP contribution in [-0.4, -0.2) is 80.8 Å². The molecule has 14 nitrogen and oxygen atoms in total. The fourth-order valence-corrected chi connectivity index (χ4v) is 7.90. The van der Waals surface area contributed by atoms with E-state index in [-0.39, 0.29) is 25.6 Å². The second-order valence-corrected chi connectivity index (χ2v) is 13.3. The first-order valence-corrected chi connectivity index (χ1v) is 16.7. The van der Waals surface area contributed by atoms with Crippen molar-refractivity contribution in [2.45, 2.75) is 100 Å². The summed E-state index contributed by atoms with van der Waals surface area (Å²) < 4.78 is 12.5. The van der Waals surface area contributed by atoms with Gasteiger partial charge < -0.3 is 36.5 Å². The van der Waals surface area contributed by atoms with Crippen molar-refractivity contribution in [2.24, 2.45) is 16.9 Å². The van der Waals surface area contributed by atoms with Crippen LogP contribution in [0.1, 0.15) is 68.9 Å². The largest absolute Gasteiger partial charge is 0.480 e. The average Bonchev–Trinajstić information content (AvgIpc) is 3.45. The number of primary amides is 2. The van der Waals surface area contributed by atoms with Crippen molar-refractivity contribution < 1.29 is 43.7 Å². The molecule has 6 unspecified atom stereocenters. The molecule has 0 radical (unpaired) electrons. The lowest BCUT2D eigenvalue weighted by atomic mass is 9.56. The molecule has 3 fully saturated rings. The molecule has 1 heterocycles. The van der Waals surface area contributed by atoms with Crippen molar-refractivity contribution in [3.8, 4) is 0 Å². The van der Waals surface area contributed by atoms with Crippen LogP contribution in [0.4, 0.5) is 0 Å². The number of nitrogens with two attached hydrogens (primary N) is 2. The molecule has 0 spiro atoms. The minimum atomic E-state index is -2.67. The van der Waals surface area contributed by atoms with Crippen molar-refractivity contribution in [1.29, 1.82) is 0 Å². The van der Waals surface area contributed by atoms with Crippen LogP contribution in [0.25, 0.3) is 0 Å². The van der Waals surface area contributed by atoms with Gasteiger partial charge in [-0.3, -0.25) is 19.2 Å². The maximum Gasteiger partial charge on any atom is 0.335 e. The third kappa shape index (κ3) is 6.91. The van der Waals surface area contributed by atoms with Crippen LogP contribution in [0.2, 0.25) is 0 Å². The summed E-state index contributed by atoms with van der Waals surface area (Å²) in [5, 5.41) is 25.3. The van der Waals surface area contributed by atoms with E-state index >= 15 is 0 Å². The normalized spacial score (nSPS) is 30.3. The van der Waals surface area contributed by atoms with E-state index in [1.54, 1.807) is 24.3 Å². The van der Waals surface area contributed by atoms with Crippen LogP contribution in [0.15, 0.2) is 60.7 Å². The molecular weight excluding hydrogens is 634 g/mol. The smallest absolute Gasteiger partial charge is 0.335 e. The van der Waals surface area contributed by atoms with Crippen LogP contribution in [-0.2, 0) is 46.7 Å². The molecule has 14 heteroatoms. The number of benzene rings is 2. The van der Waals surface area contributed by atoms with Crippen molar-refractivity contribution in [2.75, 3.05) is 6.54 Å². The molecule has 8 N–H and O–H groups in total. The summed E-state index contributed by atoms with van der Waals surface area (Å²) in [7, 11) is 0. The van der Waals surface area contributed by atoms with Crippen LogP contribution in [0.3, 0.4) is 0 Å². The van der Waals surface area contributed by atoms with Gasteiger partial charge in [-0.05, 0) is 36.8 Å². The standard InChI is InChI=1S/C35H45N5O9/c36-29(42)33(18-10-9-17-27(33)49-21-24-13-5-2-6-14-24)35(32(46)47)22-34(30(37)43,31(44)45)39-40(35)19-28(41)38-25-15-7-8-16-26(25)48-20-23-11-3-1-4-12-23/h1-6,11-14,25-27,39H,7-10,15-22H2,(H2,36,42)(H2,37,43)(H,38,41)(H,44,45)(H,46,47).